The van der Waals surface area contributed by atoms with Gasteiger partial charge in [-0.3, -0.25) is 4.99 Å². The number of hydrogen-bond acceptors (Lipinski definition) is 3. The summed E-state index contributed by atoms with van der Waals surface area (Å²) in [6, 6.07) is 15.4. The van der Waals surface area contributed by atoms with Crippen molar-refractivity contribution < 1.29 is 0 Å². The van der Waals surface area contributed by atoms with Crippen molar-refractivity contribution in [1.82, 2.24) is 10.6 Å². The van der Waals surface area contributed by atoms with Gasteiger partial charge in [-0.2, -0.15) is 0 Å². The molecule has 2 N–H and O–H groups in total. The minimum absolute atomic E-state index is 0.504. The van der Waals surface area contributed by atoms with E-state index < -0.39 is 0 Å². The molecule has 2 heterocycles. The number of thiophene rings is 1. The summed E-state index contributed by atoms with van der Waals surface area (Å²) in [4.78, 5) is 6.85. The largest absolute Gasteiger partial charge is 0.363 e. The van der Waals surface area contributed by atoms with Gasteiger partial charge in [0.1, 0.15) is 0 Å². The van der Waals surface area contributed by atoms with E-state index >= 15 is 0 Å². The van der Waals surface area contributed by atoms with Crippen molar-refractivity contribution in [1.29, 1.82) is 0 Å². The third-order valence-electron chi connectivity index (χ3n) is 4.43. The first kappa shape index (κ1) is 16.8. The number of hydrogen-bond donors (Lipinski definition) is 2. The fourth-order valence-corrected chi connectivity index (χ4v) is 3.84. The molecule has 24 heavy (non-hydrogen) atoms. The highest BCUT2D eigenvalue weighted by molar-refractivity contribution is 7.14. The quantitative estimate of drug-likeness (QED) is 0.648. The second-order valence-corrected chi connectivity index (χ2v) is 7.02. The first-order chi connectivity index (χ1) is 11.8. The van der Waals surface area contributed by atoms with Crippen molar-refractivity contribution in [3.05, 3.63) is 53.4 Å². The van der Waals surface area contributed by atoms with Crippen molar-refractivity contribution in [2.24, 2.45) is 4.99 Å². The van der Waals surface area contributed by atoms with Gasteiger partial charge in [-0.15, -0.1) is 11.3 Å². The zero-order chi connectivity index (χ0) is 16.6. The van der Waals surface area contributed by atoms with E-state index in [0.717, 1.165) is 44.9 Å². The molecule has 0 amide bonds. The number of nitrogens with one attached hydrogen (secondary N) is 2. The zero-order valence-corrected chi connectivity index (χ0v) is 15.1. The van der Waals surface area contributed by atoms with Crippen LogP contribution in [0.4, 0.5) is 5.00 Å². The Hall–Kier alpha value is -2.01. The molecule has 4 nitrogen and oxygen atoms in total. The lowest BCUT2D eigenvalue weighted by Gasteiger charge is -2.33. The maximum atomic E-state index is 4.37. The molecule has 1 aliphatic rings. The normalized spacial score (nSPS) is 16.2. The predicted molar refractivity (Wildman–Crippen MR) is 104 cm³/mol. The number of guanidine groups is 1. The fourth-order valence-electron chi connectivity index (χ4n) is 3.05. The Morgan fingerprint density at radius 1 is 1.17 bits per heavy atom. The number of aliphatic imine (C=N–C) groups is 1. The van der Waals surface area contributed by atoms with Crippen LogP contribution in [0, 0.1) is 0 Å². The van der Waals surface area contributed by atoms with Crippen molar-refractivity contribution in [2.75, 3.05) is 31.6 Å². The Kier molecular flexibility index (Phi) is 6.13. The molecule has 1 fully saturated rings. The fraction of sp³-hybridized carbons (Fsp3) is 0.421. The summed E-state index contributed by atoms with van der Waals surface area (Å²) in [7, 11) is 1.85. The molecule has 5 heteroatoms. The molecule has 0 bridgehead atoms. The Bertz CT molecular complexity index is 616. The van der Waals surface area contributed by atoms with Crippen molar-refractivity contribution >= 4 is 22.3 Å². The molecule has 0 radical (unpaired) electrons. The monoisotopic (exact) mass is 342 g/mol. The van der Waals surface area contributed by atoms with Gasteiger partial charge in [0, 0.05) is 32.7 Å². The number of rotatable bonds is 5. The minimum Gasteiger partial charge on any atom is -0.363 e. The van der Waals surface area contributed by atoms with Crippen molar-refractivity contribution in [3.63, 3.8) is 0 Å². The van der Waals surface area contributed by atoms with E-state index in [2.05, 4.69) is 68.4 Å². The summed E-state index contributed by atoms with van der Waals surface area (Å²) in [6.07, 6.45) is 3.31. The van der Waals surface area contributed by atoms with Crippen LogP contribution in [0.5, 0.6) is 0 Å². The highest BCUT2D eigenvalue weighted by Gasteiger charge is 2.20. The smallest absolute Gasteiger partial charge is 0.191 e. The third kappa shape index (κ3) is 4.74. The summed E-state index contributed by atoms with van der Waals surface area (Å²) in [5.74, 6) is 0.917. The molecular weight excluding hydrogens is 316 g/mol. The number of nitrogens with zero attached hydrogens (tertiary/aromatic N) is 2. The van der Waals surface area contributed by atoms with E-state index in [0.29, 0.717) is 6.04 Å². The van der Waals surface area contributed by atoms with E-state index in [1.807, 2.05) is 18.4 Å². The Balaban J connectivity index is 1.40. The van der Waals surface area contributed by atoms with E-state index in [9.17, 15) is 0 Å². The molecule has 0 spiro atoms. The highest BCUT2D eigenvalue weighted by atomic mass is 32.1. The van der Waals surface area contributed by atoms with E-state index in [1.54, 1.807) is 0 Å². The Morgan fingerprint density at radius 3 is 2.62 bits per heavy atom. The molecule has 1 aromatic carbocycles. The van der Waals surface area contributed by atoms with E-state index in [1.165, 1.54) is 10.6 Å². The van der Waals surface area contributed by atoms with Crippen LogP contribution in [0.1, 0.15) is 18.4 Å². The van der Waals surface area contributed by atoms with Gasteiger partial charge in [0.25, 0.3) is 0 Å². The predicted octanol–water partition coefficient (Wildman–Crippen LogP) is 3.12. The van der Waals surface area contributed by atoms with Crippen LogP contribution in [0.25, 0.3) is 0 Å². The van der Waals surface area contributed by atoms with Gasteiger partial charge >= 0.3 is 0 Å². The summed E-state index contributed by atoms with van der Waals surface area (Å²) in [6.45, 7) is 3.12. The topological polar surface area (TPSA) is 39.7 Å². The van der Waals surface area contributed by atoms with Crippen LogP contribution in [0.3, 0.4) is 0 Å². The SMILES string of the molecule is CN=C(NCCc1ccccc1)NC1CCN(c2cccs2)CC1. The molecule has 0 saturated carbocycles. The minimum atomic E-state index is 0.504. The van der Waals surface area contributed by atoms with Crippen LogP contribution < -0.4 is 15.5 Å². The Morgan fingerprint density at radius 2 is 1.96 bits per heavy atom. The van der Waals surface area contributed by atoms with Crippen molar-refractivity contribution in [3.8, 4) is 0 Å². The van der Waals surface area contributed by atoms with Gasteiger partial charge in [0.2, 0.25) is 0 Å². The molecule has 1 aliphatic heterocycles. The molecule has 0 unspecified atom stereocenters. The van der Waals surface area contributed by atoms with Crippen LogP contribution in [-0.2, 0) is 6.42 Å². The Labute approximate surface area is 148 Å². The lowest BCUT2D eigenvalue weighted by atomic mass is 10.1. The van der Waals surface area contributed by atoms with Gasteiger partial charge < -0.3 is 15.5 Å². The van der Waals surface area contributed by atoms with Gasteiger partial charge in [0.15, 0.2) is 5.96 Å². The molecular formula is C19H26N4S. The molecule has 1 aromatic heterocycles. The maximum Gasteiger partial charge on any atom is 0.191 e. The molecule has 128 valence electrons. The lowest BCUT2D eigenvalue weighted by molar-refractivity contribution is 0.463. The third-order valence-corrected chi connectivity index (χ3v) is 5.36. The number of anilines is 1. The molecule has 2 aromatic rings. The molecule has 0 atom stereocenters. The van der Waals surface area contributed by atoms with E-state index in [-0.39, 0.29) is 0 Å². The van der Waals surface area contributed by atoms with Crippen LogP contribution >= 0.6 is 11.3 Å². The summed E-state index contributed by atoms with van der Waals surface area (Å²) >= 11 is 1.83. The van der Waals surface area contributed by atoms with Crippen LogP contribution in [-0.4, -0.2) is 38.7 Å². The number of benzene rings is 1. The van der Waals surface area contributed by atoms with E-state index in [4.69, 9.17) is 0 Å². The second kappa shape index (κ2) is 8.73. The summed E-state index contributed by atoms with van der Waals surface area (Å²) < 4.78 is 0. The summed E-state index contributed by atoms with van der Waals surface area (Å²) in [5.41, 5.74) is 1.35. The summed E-state index contributed by atoms with van der Waals surface area (Å²) in [5, 5.41) is 10.5. The van der Waals surface area contributed by atoms with Crippen LogP contribution in [0.2, 0.25) is 0 Å². The second-order valence-electron chi connectivity index (χ2n) is 6.09. The molecule has 0 aliphatic carbocycles. The maximum absolute atomic E-state index is 4.37. The van der Waals surface area contributed by atoms with Crippen LogP contribution in [0.15, 0.2) is 52.8 Å². The molecule has 1 saturated heterocycles. The lowest BCUT2D eigenvalue weighted by Crippen LogP contribution is -2.49. The van der Waals surface area contributed by atoms with Crippen molar-refractivity contribution in [2.45, 2.75) is 25.3 Å². The average Bonchev–Trinajstić information content (AvgIpc) is 3.17. The first-order valence-corrected chi connectivity index (χ1v) is 9.52. The molecule has 3 rings (SSSR count). The van der Waals surface area contributed by atoms with Gasteiger partial charge in [-0.1, -0.05) is 30.3 Å². The number of piperidine rings is 1. The highest BCUT2D eigenvalue weighted by Crippen LogP contribution is 2.24. The zero-order valence-electron chi connectivity index (χ0n) is 14.2. The van der Waals surface area contributed by atoms with Gasteiger partial charge in [-0.05, 0) is 42.3 Å². The van der Waals surface area contributed by atoms with Gasteiger partial charge in [-0.25, -0.2) is 0 Å². The first-order valence-electron chi connectivity index (χ1n) is 8.65. The average molecular weight is 343 g/mol. The van der Waals surface area contributed by atoms with Gasteiger partial charge in [0.05, 0.1) is 5.00 Å². The standard InChI is InChI=1S/C19H26N4S/c1-20-19(21-12-9-16-6-3-2-4-7-16)22-17-10-13-23(14-11-17)18-8-5-15-24-18/h2-8,15,17H,9-14H2,1H3,(H2,20,21,22).